The summed E-state index contributed by atoms with van der Waals surface area (Å²) in [6.45, 7) is 0. The minimum atomic E-state index is -0.805. The van der Waals surface area contributed by atoms with Gasteiger partial charge in [-0.3, -0.25) is 4.79 Å². The molecule has 4 nitrogen and oxygen atoms in total. The van der Waals surface area contributed by atoms with Crippen molar-refractivity contribution >= 4 is 5.97 Å². The van der Waals surface area contributed by atoms with Gasteiger partial charge in [-0.25, -0.2) is 0 Å². The summed E-state index contributed by atoms with van der Waals surface area (Å²) in [5.41, 5.74) is 8.12. The number of aromatic hydroxyl groups is 1. The van der Waals surface area contributed by atoms with Crippen LogP contribution in [0.4, 0.5) is 0 Å². The van der Waals surface area contributed by atoms with Crippen LogP contribution in [0.1, 0.15) is 29.9 Å². The molecule has 0 radical (unpaired) electrons. The van der Waals surface area contributed by atoms with Gasteiger partial charge in [-0.1, -0.05) is 6.07 Å². The molecule has 2 rings (SSSR count). The lowest BCUT2D eigenvalue weighted by Gasteiger charge is -2.15. The Morgan fingerprint density at radius 1 is 1.50 bits per heavy atom. The zero-order chi connectivity index (χ0) is 11.7. The second-order valence-electron chi connectivity index (χ2n) is 4.29. The van der Waals surface area contributed by atoms with Crippen molar-refractivity contribution in [3.63, 3.8) is 0 Å². The van der Waals surface area contributed by atoms with Crippen LogP contribution >= 0.6 is 0 Å². The van der Waals surface area contributed by atoms with Crippen molar-refractivity contribution in [3.8, 4) is 5.75 Å². The van der Waals surface area contributed by atoms with Gasteiger partial charge in [0.15, 0.2) is 0 Å². The number of carboxylic acid groups (broad SMARTS) is 1. The molecule has 1 aliphatic carbocycles. The van der Waals surface area contributed by atoms with Crippen LogP contribution in [0.15, 0.2) is 18.2 Å². The first kappa shape index (κ1) is 11.0. The van der Waals surface area contributed by atoms with Gasteiger partial charge in [0.05, 0.1) is 0 Å². The van der Waals surface area contributed by atoms with Crippen molar-refractivity contribution < 1.29 is 15.0 Å². The summed E-state index contributed by atoms with van der Waals surface area (Å²) in [5, 5.41) is 18.1. The van der Waals surface area contributed by atoms with Crippen LogP contribution in [0.2, 0.25) is 0 Å². The van der Waals surface area contributed by atoms with Crippen molar-refractivity contribution in [2.45, 2.75) is 31.2 Å². The normalized spacial score (nSPS) is 23.1. The number of carboxylic acids is 1. The van der Waals surface area contributed by atoms with Crippen molar-refractivity contribution in [1.29, 1.82) is 0 Å². The number of carbonyl (C=O) groups is 1. The Morgan fingerprint density at radius 3 is 2.94 bits per heavy atom. The van der Waals surface area contributed by atoms with Gasteiger partial charge in [0.2, 0.25) is 0 Å². The van der Waals surface area contributed by atoms with Gasteiger partial charge in [0, 0.05) is 18.4 Å². The van der Waals surface area contributed by atoms with Gasteiger partial charge < -0.3 is 15.9 Å². The number of benzene rings is 1. The number of hydrogen-bond donors (Lipinski definition) is 3. The van der Waals surface area contributed by atoms with Gasteiger partial charge in [-0.05, 0) is 36.1 Å². The monoisotopic (exact) mass is 221 g/mol. The van der Waals surface area contributed by atoms with E-state index < -0.39 is 5.97 Å². The van der Waals surface area contributed by atoms with E-state index in [9.17, 15) is 9.90 Å². The van der Waals surface area contributed by atoms with E-state index in [1.54, 1.807) is 12.1 Å². The lowest BCUT2D eigenvalue weighted by atomic mass is 9.93. The first-order valence-corrected chi connectivity index (χ1v) is 5.37. The fourth-order valence-electron chi connectivity index (χ4n) is 2.39. The summed E-state index contributed by atoms with van der Waals surface area (Å²) in [6, 6.07) is 5.18. The van der Waals surface area contributed by atoms with Crippen LogP contribution in [-0.4, -0.2) is 22.2 Å². The van der Waals surface area contributed by atoms with E-state index in [2.05, 4.69) is 0 Å². The van der Waals surface area contributed by atoms with Crippen LogP contribution < -0.4 is 5.73 Å². The number of aliphatic carboxylic acids is 1. The highest BCUT2D eigenvalue weighted by atomic mass is 16.4. The Bertz CT molecular complexity index is 417. The van der Waals surface area contributed by atoms with E-state index in [1.165, 1.54) is 0 Å². The van der Waals surface area contributed by atoms with E-state index in [-0.39, 0.29) is 24.1 Å². The minimum absolute atomic E-state index is 0.0313. The molecule has 0 aromatic heterocycles. The maximum atomic E-state index is 10.6. The van der Waals surface area contributed by atoms with E-state index in [0.717, 1.165) is 17.5 Å². The third-order valence-electron chi connectivity index (χ3n) is 3.17. The maximum absolute atomic E-state index is 10.6. The lowest BCUT2D eigenvalue weighted by molar-refractivity contribution is -0.137. The molecule has 0 aliphatic heterocycles. The highest BCUT2D eigenvalue weighted by Gasteiger charge is 2.30. The summed E-state index contributed by atoms with van der Waals surface area (Å²) in [4.78, 5) is 10.6. The standard InChI is InChI=1S/C12H15NO3/c13-11-5-7-1-2-8(14)6-10(7)9(11)3-4-12(15)16/h1-2,6,9,11,14H,3-5,13H2,(H,15,16). The first-order valence-electron chi connectivity index (χ1n) is 5.37. The van der Waals surface area contributed by atoms with Crippen molar-refractivity contribution in [3.05, 3.63) is 29.3 Å². The molecule has 16 heavy (non-hydrogen) atoms. The molecular weight excluding hydrogens is 206 g/mol. The van der Waals surface area contributed by atoms with Crippen LogP contribution in [0, 0.1) is 0 Å². The summed E-state index contributed by atoms with van der Waals surface area (Å²) in [5.74, 6) is -0.535. The molecule has 0 heterocycles. The molecule has 2 atom stereocenters. The molecule has 0 spiro atoms. The molecular formula is C12H15NO3. The van der Waals surface area contributed by atoms with Gasteiger partial charge in [0.1, 0.15) is 5.75 Å². The second kappa shape index (κ2) is 4.14. The van der Waals surface area contributed by atoms with Gasteiger partial charge in [-0.2, -0.15) is 0 Å². The van der Waals surface area contributed by atoms with E-state index in [0.29, 0.717) is 6.42 Å². The lowest BCUT2D eigenvalue weighted by Crippen LogP contribution is -2.25. The third kappa shape index (κ3) is 2.02. The highest BCUT2D eigenvalue weighted by molar-refractivity contribution is 5.66. The maximum Gasteiger partial charge on any atom is 0.303 e. The molecule has 1 aromatic carbocycles. The molecule has 4 heteroatoms. The summed E-state index contributed by atoms with van der Waals surface area (Å²) < 4.78 is 0. The number of nitrogens with two attached hydrogens (primary N) is 1. The SMILES string of the molecule is NC1Cc2ccc(O)cc2C1CCC(=O)O. The smallest absolute Gasteiger partial charge is 0.303 e. The summed E-state index contributed by atoms with van der Waals surface area (Å²) in [6.07, 6.45) is 1.42. The summed E-state index contributed by atoms with van der Waals surface area (Å²) >= 11 is 0. The second-order valence-corrected chi connectivity index (χ2v) is 4.29. The predicted molar refractivity (Wildman–Crippen MR) is 59.4 cm³/mol. The molecule has 0 fully saturated rings. The van der Waals surface area contributed by atoms with Gasteiger partial charge >= 0.3 is 5.97 Å². The third-order valence-corrected chi connectivity index (χ3v) is 3.17. The Hall–Kier alpha value is -1.55. The Balaban J connectivity index is 2.21. The Kier molecular flexibility index (Phi) is 2.83. The molecule has 1 aromatic rings. The fraction of sp³-hybridized carbons (Fsp3) is 0.417. The molecule has 2 unspecified atom stereocenters. The number of phenolic OH excluding ortho intramolecular Hbond substituents is 1. The predicted octanol–water partition coefficient (Wildman–Crippen LogP) is 1.22. The summed E-state index contributed by atoms with van der Waals surface area (Å²) in [7, 11) is 0. The van der Waals surface area contributed by atoms with Crippen molar-refractivity contribution in [1.82, 2.24) is 0 Å². The number of hydrogen-bond acceptors (Lipinski definition) is 3. The molecule has 1 aliphatic rings. The quantitative estimate of drug-likeness (QED) is 0.716. The first-order chi connectivity index (χ1) is 7.58. The van der Waals surface area contributed by atoms with Crippen LogP contribution in [0.3, 0.4) is 0 Å². The Morgan fingerprint density at radius 2 is 2.25 bits per heavy atom. The van der Waals surface area contributed by atoms with Crippen LogP contribution in [0.25, 0.3) is 0 Å². The van der Waals surface area contributed by atoms with E-state index in [4.69, 9.17) is 10.8 Å². The molecule has 0 amide bonds. The largest absolute Gasteiger partial charge is 0.508 e. The molecule has 86 valence electrons. The van der Waals surface area contributed by atoms with E-state index in [1.807, 2.05) is 6.07 Å². The fourth-order valence-corrected chi connectivity index (χ4v) is 2.39. The molecule has 0 saturated carbocycles. The van der Waals surface area contributed by atoms with Gasteiger partial charge in [0.25, 0.3) is 0 Å². The average molecular weight is 221 g/mol. The van der Waals surface area contributed by atoms with Gasteiger partial charge in [-0.15, -0.1) is 0 Å². The van der Waals surface area contributed by atoms with Crippen LogP contribution in [-0.2, 0) is 11.2 Å². The minimum Gasteiger partial charge on any atom is -0.508 e. The molecule has 4 N–H and O–H groups in total. The number of fused-ring (bicyclic) bond motifs is 1. The number of rotatable bonds is 3. The van der Waals surface area contributed by atoms with Crippen LogP contribution in [0.5, 0.6) is 5.75 Å². The molecule has 0 bridgehead atoms. The van der Waals surface area contributed by atoms with Crippen molar-refractivity contribution in [2.24, 2.45) is 5.73 Å². The average Bonchev–Trinajstić information content (AvgIpc) is 2.51. The number of phenols is 1. The topological polar surface area (TPSA) is 83.5 Å². The zero-order valence-corrected chi connectivity index (χ0v) is 8.89. The van der Waals surface area contributed by atoms with Crippen molar-refractivity contribution in [2.75, 3.05) is 0 Å². The highest BCUT2D eigenvalue weighted by Crippen LogP contribution is 2.37. The molecule has 0 saturated heterocycles. The Labute approximate surface area is 93.7 Å². The van der Waals surface area contributed by atoms with E-state index >= 15 is 0 Å². The zero-order valence-electron chi connectivity index (χ0n) is 8.89.